The van der Waals surface area contributed by atoms with Crippen molar-refractivity contribution < 1.29 is 33.5 Å². The van der Waals surface area contributed by atoms with E-state index in [0.29, 0.717) is 102 Å². The number of nitrogens with zero attached hydrogens (tertiary/aromatic N) is 5. The molecule has 0 saturated carbocycles. The lowest BCUT2D eigenvalue weighted by atomic mass is 9.87. The van der Waals surface area contributed by atoms with E-state index < -0.39 is 36.3 Å². The van der Waals surface area contributed by atoms with Crippen molar-refractivity contribution in [2.24, 2.45) is 0 Å². The summed E-state index contributed by atoms with van der Waals surface area (Å²) in [6.45, 7) is 5.26. The molecule has 3 heterocycles. The second kappa shape index (κ2) is 27.2. The van der Waals surface area contributed by atoms with Crippen molar-refractivity contribution in [3.05, 3.63) is 70.8 Å². The van der Waals surface area contributed by atoms with Crippen molar-refractivity contribution in [1.29, 1.82) is 0 Å². The number of carbonyl (C=O) groups is 6. The third-order valence-corrected chi connectivity index (χ3v) is 15.1. The van der Waals surface area contributed by atoms with Gasteiger partial charge in [0.1, 0.15) is 24.2 Å². The van der Waals surface area contributed by atoms with Gasteiger partial charge in [0.15, 0.2) is 0 Å². The van der Waals surface area contributed by atoms with Gasteiger partial charge >= 0.3 is 6.01 Å². The van der Waals surface area contributed by atoms with Crippen molar-refractivity contribution in [2.75, 3.05) is 58.0 Å². The molecule has 0 unspecified atom stereocenters. The fourth-order valence-electron chi connectivity index (χ4n) is 10.7. The molecule has 8 atom stereocenters. The second-order valence-electron chi connectivity index (χ2n) is 20.1. The first-order valence-electron chi connectivity index (χ1n) is 27.0. The number of methoxy groups -OCH3 is 1. The van der Waals surface area contributed by atoms with Gasteiger partial charge in [-0.3, -0.25) is 28.8 Å². The average Bonchev–Trinajstić information content (AvgIpc) is 4.13. The molecular formula is C54H79N13O7. The van der Waals surface area contributed by atoms with Gasteiger partial charge in [-0.05, 0) is 153 Å². The summed E-state index contributed by atoms with van der Waals surface area (Å²) in [5, 5.41) is 24.8. The Hall–Kier alpha value is -6.41. The second-order valence-corrected chi connectivity index (χ2v) is 20.1. The van der Waals surface area contributed by atoms with Crippen LogP contribution in [0.5, 0.6) is 6.01 Å². The molecule has 402 valence electrons. The number of unbranched alkanes of at least 4 members (excludes halogenated alkanes) is 2. The lowest BCUT2D eigenvalue weighted by Crippen LogP contribution is -2.55. The zero-order valence-corrected chi connectivity index (χ0v) is 44.0. The number of hydrogen-bond acceptors (Lipinski definition) is 14. The van der Waals surface area contributed by atoms with E-state index >= 15 is 0 Å². The summed E-state index contributed by atoms with van der Waals surface area (Å²) in [5.74, 6) is -0.841. The normalized spacial score (nSPS) is 20.7. The highest BCUT2D eigenvalue weighted by Crippen LogP contribution is 2.32. The van der Waals surface area contributed by atoms with Crippen LogP contribution in [0.15, 0.2) is 48.5 Å². The third-order valence-electron chi connectivity index (χ3n) is 15.1. The number of amides is 6. The Morgan fingerprint density at radius 2 is 1.03 bits per heavy atom. The molecule has 74 heavy (non-hydrogen) atoms. The van der Waals surface area contributed by atoms with E-state index in [9.17, 15) is 28.8 Å². The van der Waals surface area contributed by atoms with Gasteiger partial charge in [-0.15, -0.1) is 0 Å². The van der Waals surface area contributed by atoms with Crippen LogP contribution in [0.4, 0.5) is 11.9 Å². The van der Waals surface area contributed by atoms with Crippen molar-refractivity contribution in [3.63, 3.8) is 0 Å². The van der Waals surface area contributed by atoms with Crippen molar-refractivity contribution in [2.45, 2.75) is 165 Å². The summed E-state index contributed by atoms with van der Waals surface area (Å²) in [6.07, 6.45) is 11.3. The highest BCUT2D eigenvalue weighted by Gasteiger charge is 2.40. The quantitative estimate of drug-likeness (QED) is 0.0565. The number of aryl methyl sites for hydroxylation is 2. The monoisotopic (exact) mass is 1020 g/mol. The first kappa shape index (κ1) is 55.3. The Kier molecular flexibility index (Phi) is 20.4. The van der Waals surface area contributed by atoms with Crippen LogP contribution in [0.2, 0.25) is 0 Å². The Labute approximate surface area is 435 Å². The maximum absolute atomic E-state index is 14.2. The molecule has 6 amide bonds. The minimum absolute atomic E-state index is 0.0977. The van der Waals surface area contributed by atoms with Gasteiger partial charge in [0, 0.05) is 26.2 Å². The van der Waals surface area contributed by atoms with Crippen molar-refractivity contribution >= 4 is 47.3 Å². The van der Waals surface area contributed by atoms with Gasteiger partial charge < -0.3 is 57.1 Å². The standard InChI is InChI=1S/C54H79N13O7/c1-34(55-3)46(68)61-42(50(72)66-32-16-28-44(66)48(70)59-40-26-14-20-36-18-6-8-22-38(36)40)24-10-12-30-57-52-63-53(65-54(64-52)74-5)58-31-13-11-25-43(62-47(69)35(2)56-4)51(73)67-33-17-29-45(67)49(71)60-41-27-15-21-37-19-7-9-23-39(37)41/h6-9,18-19,22-23,34-35,40-45,55-56H,10-17,20-21,24-33H2,1-5H3,(H,59,70)(H,60,71)(H,61,68)(H,62,69)(H2,57,58,63,64,65)/t34-,35-,40+,41+,42-,43-,44-,45-/m0/s1. The number of aromatic nitrogens is 3. The number of anilines is 2. The minimum Gasteiger partial charge on any atom is -0.467 e. The fourth-order valence-corrected chi connectivity index (χ4v) is 10.7. The zero-order valence-electron chi connectivity index (χ0n) is 44.0. The van der Waals surface area contributed by atoms with Crippen LogP contribution in [0, 0.1) is 0 Å². The van der Waals surface area contributed by atoms with Crippen LogP contribution in [-0.4, -0.2) is 144 Å². The van der Waals surface area contributed by atoms with Crippen LogP contribution in [0.1, 0.15) is 138 Å². The zero-order chi connectivity index (χ0) is 52.6. The Morgan fingerprint density at radius 1 is 0.595 bits per heavy atom. The van der Waals surface area contributed by atoms with Gasteiger partial charge in [0.25, 0.3) is 0 Å². The maximum atomic E-state index is 14.2. The number of rotatable bonds is 25. The number of benzene rings is 2. The van der Waals surface area contributed by atoms with Crippen LogP contribution in [0.3, 0.4) is 0 Å². The summed E-state index contributed by atoms with van der Waals surface area (Å²) in [7, 11) is 4.85. The Morgan fingerprint density at radius 3 is 1.45 bits per heavy atom. The van der Waals surface area contributed by atoms with Crippen LogP contribution in [0.25, 0.3) is 0 Å². The summed E-state index contributed by atoms with van der Waals surface area (Å²) < 4.78 is 5.39. The van der Waals surface area contributed by atoms with Crippen LogP contribution < -0.4 is 47.3 Å². The highest BCUT2D eigenvalue weighted by molar-refractivity contribution is 5.94. The van der Waals surface area contributed by atoms with E-state index in [0.717, 1.165) is 49.7 Å². The molecule has 2 saturated heterocycles. The van der Waals surface area contributed by atoms with Gasteiger partial charge in [0.2, 0.25) is 47.3 Å². The molecule has 8 N–H and O–H groups in total. The molecule has 2 aromatic carbocycles. The molecule has 2 aliphatic carbocycles. The molecule has 1 aromatic heterocycles. The number of ether oxygens (including phenoxy) is 1. The summed E-state index contributed by atoms with van der Waals surface area (Å²) in [5.41, 5.74) is 4.77. The van der Waals surface area contributed by atoms with E-state index in [1.807, 2.05) is 24.3 Å². The highest BCUT2D eigenvalue weighted by atomic mass is 16.5. The third kappa shape index (κ3) is 14.5. The first-order valence-corrected chi connectivity index (χ1v) is 27.0. The molecule has 20 heteroatoms. The molecule has 3 aromatic rings. The Balaban J connectivity index is 0.893. The van der Waals surface area contributed by atoms with E-state index in [-0.39, 0.29) is 53.5 Å². The summed E-state index contributed by atoms with van der Waals surface area (Å²) in [4.78, 5) is 98.9. The molecule has 0 spiro atoms. The largest absolute Gasteiger partial charge is 0.467 e. The first-order chi connectivity index (χ1) is 35.9. The molecule has 20 nitrogen and oxygen atoms in total. The number of likely N-dealkylation sites (N-methyl/N-ethyl adjacent to an activating group) is 2. The van der Waals surface area contributed by atoms with Gasteiger partial charge in [0.05, 0.1) is 31.3 Å². The maximum Gasteiger partial charge on any atom is 0.322 e. The van der Waals surface area contributed by atoms with E-state index in [1.165, 1.54) is 18.2 Å². The van der Waals surface area contributed by atoms with E-state index in [2.05, 4.69) is 81.8 Å². The topological polar surface area (TPSA) is 253 Å². The number of hydrogen-bond donors (Lipinski definition) is 8. The number of carbonyl (C=O) groups excluding carboxylic acids is 6. The van der Waals surface area contributed by atoms with Gasteiger partial charge in [-0.25, -0.2) is 0 Å². The van der Waals surface area contributed by atoms with Crippen LogP contribution in [-0.2, 0) is 41.6 Å². The molecule has 2 aliphatic heterocycles. The summed E-state index contributed by atoms with van der Waals surface area (Å²) >= 11 is 0. The molecule has 7 rings (SSSR count). The lowest BCUT2D eigenvalue weighted by molar-refractivity contribution is -0.142. The molecule has 0 bridgehead atoms. The number of nitrogens with one attached hydrogen (secondary N) is 8. The van der Waals surface area contributed by atoms with Crippen molar-refractivity contribution in [3.8, 4) is 6.01 Å². The van der Waals surface area contributed by atoms with E-state index in [4.69, 9.17) is 4.74 Å². The predicted octanol–water partition coefficient (Wildman–Crippen LogP) is 3.60. The van der Waals surface area contributed by atoms with Gasteiger partial charge in [-0.2, -0.15) is 15.0 Å². The minimum atomic E-state index is -0.814. The SMILES string of the molecule is CN[C@@H](C)C(=O)N[C@@H](CCCCNc1nc(NCCCC[C@H](NC(=O)[C@H](C)NC)C(=O)N2CCC[C@H]2C(=O)N[C@@H]2CCCc3ccccc32)nc(OC)n1)C(=O)N1CCC[C@H]1C(=O)N[C@@H]1CCCc2ccccc21. The molecular weight excluding hydrogens is 943 g/mol. The van der Waals surface area contributed by atoms with Gasteiger partial charge in [-0.1, -0.05) is 48.5 Å². The molecule has 2 fully saturated rings. The number of likely N-dealkylation sites (tertiary alicyclic amines) is 2. The van der Waals surface area contributed by atoms with Crippen molar-refractivity contribution in [1.82, 2.24) is 56.7 Å². The lowest BCUT2D eigenvalue weighted by Gasteiger charge is -2.32. The van der Waals surface area contributed by atoms with Crippen LogP contribution >= 0.6 is 0 Å². The number of fused-ring (bicyclic) bond motifs is 2. The Bertz CT molecular complexity index is 2250. The average molecular weight is 1020 g/mol. The predicted molar refractivity (Wildman–Crippen MR) is 282 cm³/mol. The fraction of sp³-hybridized carbons (Fsp3) is 0.611. The molecule has 0 radical (unpaired) electrons. The summed E-state index contributed by atoms with van der Waals surface area (Å²) in [6, 6.07) is 12.4. The van der Waals surface area contributed by atoms with E-state index in [1.54, 1.807) is 37.7 Å². The smallest absolute Gasteiger partial charge is 0.322 e. The molecule has 4 aliphatic rings.